The molecular weight excluding hydrogens is 450 g/mol. The van der Waals surface area contributed by atoms with E-state index in [1.165, 1.54) is 19.9 Å². The van der Waals surface area contributed by atoms with Gasteiger partial charge in [0.2, 0.25) is 5.89 Å². The van der Waals surface area contributed by atoms with Gasteiger partial charge in [0.25, 0.3) is 0 Å². The summed E-state index contributed by atoms with van der Waals surface area (Å²) < 4.78 is 11.8. The Hall–Kier alpha value is -3.06. The lowest BCUT2D eigenvalue weighted by molar-refractivity contribution is -0.152. The summed E-state index contributed by atoms with van der Waals surface area (Å²) >= 11 is 1.56. The van der Waals surface area contributed by atoms with Crippen molar-refractivity contribution in [2.24, 2.45) is 0 Å². The van der Waals surface area contributed by atoms with Crippen LogP contribution >= 0.6 is 11.8 Å². The highest BCUT2D eigenvalue weighted by Gasteiger charge is 2.30. The van der Waals surface area contributed by atoms with E-state index in [0.29, 0.717) is 28.3 Å². The minimum absolute atomic E-state index is 0.183. The summed E-state index contributed by atoms with van der Waals surface area (Å²) in [5.74, 6) is -0.103. The third-order valence-corrected chi connectivity index (χ3v) is 6.18. The number of aromatic nitrogens is 1. The lowest BCUT2D eigenvalue weighted by Gasteiger charge is -2.24. The van der Waals surface area contributed by atoms with Crippen molar-refractivity contribution in [3.8, 4) is 5.75 Å². The summed E-state index contributed by atoms with van der Waals surface area (Å²) in [6.45, 7) is 12.8. The summed E-state index contributed by atoms with van der Waals surface area (Å²) in [4.78, 5) is 30.2. The normalized spacial score (nSPS) is 12.5. The maximum absolute atomic E-state index is 13.1. The quantitative estimate of drug-likeness (QED) is 0.231. The molecule has 180 valence electrons. The fourth-order valence-corrected chi connectivity index (χ4v) is 4.00. The number of hydrogen-bond acceptors (Lipinski definition) is 6. The molecule has 34 heavy (non-hydrogen) atoms. The Morgan fingerprint density at radius 3 is 2.24 bits per heavy atom. The zero-order valence-electron chi connectivity index (χ0n) is 20.9. The molecule has 0 unspecified atom stereocenters. The van der Waals surface area contributed by atoms with Gasteiger partial charge in [-0.25, -0.2) is 9.78 Å². The molecule has 6 nitrogen and oxygen atoms in total. The molecule has 0 aliphatic carbocycles. The van der Waals surface area contributed by atoms with Gasteiger partial charge in [0.15, 0.2) is 17.0 Å². The van der Waals surface area contributed by atoms with Crippen LogP contribution in [0.3, 0.4) is 0 Å². The number of hydrogen-bond donors (Lipinski definition) is 1. The molecule has 0 bridgehead atoms. The van der Waals surface area contributed by atoms with Crippen LogP contribution in [0.4, 0.5) is 0 Å². The second-order valence-corrected chi connectivity index (χ2v) is 10.7. The lowest BCUT2D eigenvalue weighted by atomic mass is 9.97. The number of carbonyl (C=O) groups excluding carboxylic acids is 1. The SMILES string of the molecule is CSc1ccc(C(=O)/C=C/c2cc(C)c(OC(C)(C)C(=O)O)c(C)c2)c2oc(C(C)(C)C)nc12. The predicted molar refractivity (Wildman–Crippen MR) is 136 cm³/mol. The van der Waals surface area contributed by atoms with Crippen LogP contribution in [0.2, 0.25) is 0 Å². The van der Waals surface area contributed by atoms with Crippen LogP contribution in [0.25, 0.3) is 17.2 Å². The summed E-state index contributed by atoms with van der Waals surface area (Å²) in [5.41, 5.74) is 2.43. The second kappa shape index (κ2) is 9.29. The number of thioether (sulfide) groups is 1. The number of benzene rings is 2. The van der Waals surface area contributed by atoms with Gasteiger partial charge in [-0.15, -0.1) is 11.8 Å². The van der Waals surface area contributed by atoms with E-state index in [0.717, 1.165) is 21.6 Å². The van der Waals surface area contributed by atoms with Crippen molar-refractivity contribution in [2.45, 2.75) is 64.4 Å². The molecule has 0 saturated heterocycles. The number of ketones is 1. The van der Waals surface area contributed by atoms with Crippen molar-refractivity contribution in [3.63, 3.8) is 0 Å². The van der Waals surface area contributed by atoms with Crippen molar-refractivity contribution in [1.29, 1.82) is 0 Å². The fourth-order valence-electron chi connectivity index (χ4n) is 3.46. The number of carboxylic acids is 1. The molecule has 3 rings (SSSR count). The lowest BCUT2D eigenvalue weighted by Crippen LogP contribution is -2.38. The maximum atomic E-state index is 13.1. The van der Waals surface area contributed by atoms with Gasteiger partial charge in [0, 0.05) is 10.3 Å². The Kier molecular flexibility index (Phi) is 6.99. The first-order valence-corrected chi connectivity index (χ1v) is 12.2. The highest BCUT2D eigenvalue weighted by molar-refractivity contribution is 7.98. The molecule has 0 atom stereocenters. The van der Waals surface area contributed by atoms with Crippen LogP contribution in [0.15, 0.2) is 39.7 Å². The van der Waals surface area contributed by atoms with E-state index >= 15 is 0 Å². The van der Waals surface area contributed by atoms with Crippen molar-refractivity contribution in [2.75, 3.05) is 6.26 Å². The summed E-state index contributed by atoms with van der Waals surface area (Å²) in [5, 5.41) is 9.36. The molecular formula is C27H31NO5S. The molecule has 7 heteroatoms. The van der Waals surface area contributed by atoms with Crippen LogP contribution < -0.4 is 4.74 Å². The predicted octanol–water partition coefficient (Wildman–Crippen LogP) is 6.60. The third-order valence-electron chi connectivity index (χ3n) is 5.42. The van der Waals surface area contributed by atoms with Crippen LogP contribution in [-0.2, 0) is 10.2 Å². The van der Waals surface area contributed by atoms with Crippen molar-refractivity contribution in [1.82, 2.24) is 4.98 Å². The largest absolute Gasteiger partial charge is 0.478 e. The molecule has 0 amide bonds. The van der Waals surface area contributed by atoms with E-state index in [1.807, 2.05) is 59.1 Å². The van der Waals surface area contributed by atoms with E-state index in [1.54, 1.807) is 23.9 Å². The molecule has 0 aliphatic rings. The second-order valence-electron chi connectivity index (χ2n) is 9.86. The molecule has 0 aliphatic heterocycles. The number of nitrogens with zero attached hydrogens (tertiary/aromatic N) is 1. The average molecular weight is 482 g/mol. The first-order chi connectivity index (χ1) is 15.7. The standard InChI is InChI=1S/C27H31NO5S/c1-15-13-17(14-16(2)22(15)33-27(6,7)25(30)31)9-11-19(29)18-10-12-20(34-8)21-23(18)32-24(28-21)26(3,4)5/h9-14H,1-8H3,(H,30,31)/b11-9+. The highest BCUT2D eigenvalue weighted by atomic mass is 32.2. The number of aliphatic carboxylic acids is 1. The van der Waals surface area contributed by atoms with Gasteiger partial charge in [-0.1, -0.05) is 26.8 Å². The van der Waals surface area contributed by atoms with Crippen molar-refractivity contribution >= 4 is 40.7 Å². The van der Waals surface area contributed by atoms with Crippen molar-refractivity contribution in [3.05, 3.63) is 58.5 Å². The summed E-state index contributed by atoms with van der Waals surface area (Å²) in [6.07, 6.45) is 5.23. The highest BCUT2D eigenvalue weighted by Crippen LogP contribution is 2.34. The molecule has 2 aromatic carbocycles. The number of carboxylic acid groups (broad SMARTS) is 1. The molecule has 0 spiro atoms. The molecule has 3 aromatic rings. The maximum Gasteiger partial charge on any atom is 0.347 e. The topological polar surface area (TPSA) is 89.6 Å². The molecule has 1 N–H and O–H groups in total. The molecule has 1 aromatic heterocycles. The van der Waals surface area contributed by atoms with E-state index in [4.69, 9.17) is 9.15 Å². The average Bonchev–Trinajstić information content (AvgIpc) is 3.20. The number of oxazole rings is 1. The van der Waals surface area contributed by atoms with E-state index in [-0.39, 0.29) is 11.2 Å². The van der Waals surface area contributed by atoms with E-state index in [2.05, 4.69) is 4.98 Å². The number of ether oxygens (including phenoxy) is 1. The van der Waals surface area contributed by atoms with Gasteiger partial charge >= 0.3 is 5.97 Å². The minimum atomic E-state index is -1.35. The Morgan fingerprint density at radius 1 is 1.09 bits per heavy atom. The summed E-state index contributed by atoms with van der Waals surface area (Å²) in [7, 11) is 0. The van der Waals surface area contributed by atoms with Gasteiger partial charge in [-0.3, -0.25) is 4.79 Å². The first kappa shape index (κ1) is 25.6. The van der Waals surface area contributed by atoms with Crippen LogP contribution in [0.1, 0.15) is 67.6 Å². The van der Waals surface area contributed by atoms with Crippen molar-refractivity contribution < 1.29 is 23.8 Å². The van der Waals surface area contributed by atoms with Gasteiger partial charge in [0.05, 0.1) is 5.56 Å². The van der Waals surface area contributed by atoms with Crippen LogP contribution in [0.5, 0.6) is 5.75 Å². The van der Waals surface area contributed by atoms with E-state index in [9.17, 15) is 14.7 Å². The number of carbonyl (C=O) groups is 2. The Bertz CT molecular complexity index is 1270. The van der Waals surface area contributed by atoms with E-state index < -0.39 is 11.6 Å². The fraction of sp³-hybridized carbons (Fsp3) is 0.370. The minimum Gasteiger partial charge on any atom is -0.478 e. The number of aryl methyl sites for hydroxylation is 2. The molecule has 0 radical (unpaired) electrons. The Labute approximate surface area is 204 Å². The Balaban J connectivity index is 1.94. The Morgan fingerprint density at radius 2 is 1.71 bits per heavy atom. The van der Waals surface area contributed by atoms with Crippen LogP contribution in [-0.4, -0.2) is 33.7 Å². The number of rotatable bonds is 7. The zero-order valence-corrected chi connectivity index (χ0v) is 21.7. The first-order valence-electron chi connectivity index (χ1n) is 11.0. The van der Waals surface area contributed by atoms with Gasteiger partial charge in [-0.05, 0) is 81.0 Å². The zero-order chi connectivity index (χ0) is 25.4. The number of allylic oxidation sites excluding steroid dienone is 1. The summed E-state index contributed by atoms with van der Waals surface area (Å²) in [6, 6.07) is 7.40. The molecule has 0 fully saturated rings. The monoisotopic (exact) mass is 481 g/mol. The van der Waals surface area contributed by atoms with Gasteiger partial charge in [-0.2, -0.15) is 0 Å². The third kappa shape index (κ3) is 5.20. The molecule has 0 saturated carbocycles. The number of fused-ring (bicyclic) bond motifs is 1. The molecule has 1 heterocycles. The van der Waals surface area contributed by atoms with Crippen LogP contribution in [0, 0.1) is 13.8 Å². The van der Waals surface area contributed by atoms with Gasteiger partial charge < -0.3 is 14.3 Å². The smallest absolute Gasteiger partial charge is 0.347 e. The van der Waals surface area contributed by atoms with Gasteiger partial charge in [0.1, 0.15) is 11.3 Å².